The van der Waals surface area contributed by atoms with E-state index in [0.29, 0.717) is 12.8 Å². The summed E-state index contributed by atoms with van der Waals surface area (Å²) in [5.74, 6) is -0.709. The Kier molecular flexibility index (Phi) is 38.8. The van der Waals surface area contributed by atoms with Crippen molar-refractivity contribution in [1.82, 2.24) is 5.32 Å². The van der Waals surface area contributed by atoms with E-state index in [9.17, 15) is 40.5 Å². The van der Waals surface area contributed by atoms with Gasteiger partial charge in [-0.2, -0.15) is 0 Å². The average molecular weight is 884 g/mol. The second-order valence-corrected chi connectivity index (χ2v) is 18.2. The van der Waals surface area contributed by atoms with Crippen LogP contribution in [0.5, 0.6) is 0 Å². The van der Waals surface area contributed by atoms with Gasteiger partial charge in [-0.25, -0.2) is 0 Å². The summed E-state index contributed by atoms with van der Waals surface area (Å²) in [5, 5.41) is 75.4. The highest BCUT2D eigenvalue weighted by Crippen LogP contribution is 2.23. The summed E-state index contributed by atoms with van der Waals surface area (Å²) < 4.78 is 11.0. The van der Waals surface area contributed by atoms with Crippen molar-refractivity contribution in [3.8, 4) is 0 Å². The van der Waals surface area contributed by atoms with Crippen LogP contribution in [0.4, 0.5) is 0 Å². The number of carbonyl (C=O) groups excluding carboxylic acids is 1. The van der Waals surface area contributed by atoms with Crippen LogP contribution in [-0.2, 0) is 14.3 Å². The molecule has 0 aromatic carbocycles. The van der Waals surface area contributed by atoms with Crippen molar-refractivity contribution >= 4 is 5.91 Å². The number of allylic oxidation sites excluding steroid dienone is 4. The number of hydrogen-bond acceptors (Lipinski definition) is 10. The molecule has 1 saturated heterocycles. The molecule has 0 bridgehead atoms. The summed E-state index contributed by atoms with van der Waals surface area (Å²) in [4.78, 5) is 13.1. The van der Waals surface area contributed by atoms with Gasteiger partial charge in [0.05, 0.1) is 25.4 Å². The molecule has 0 saturated carbocycles. The zero-order chi connectivity index (χ0) is 45.5. The maximum absolute atomic E-state index is 13.1. The van der Waals surface area contributed by atoms with Crippen molar-refractivity contribution in [2.24, 2.45) is 0 Å². The second-order valence-electron chi connectivity index (χ2n) is 18.2. The molecule has 1 fully saturated rings. The van der Waals surface area contributed by atoms with Gasteiger partial charge in [0.2, 0.25) is 5.91 Å². The SMILES string of the molecule is CCCCC/C=C/CCCC(O)C(O)C(COC1OC(CO)C(O)C(O)C1O)NC(=O)C(O)CCCCCCCCCCCCC/C=C\CCCCCCCCCCCCCC. The number of nitrogens with one attached hydrogen (secondary N) is 1. The Hall–Kier alpha value is -1.41. The maximum Gasteiger partial charge on any atom is 0.249 e. The fourth-order valence-electron chi connectivity index (χ4n) is 8.20. The highest BCUT2D eigenvalue weighted by molar-refractivity contribution is 5.80. The molecule has 0 radical (unpaired) electrons. The molecule has 1 amide bonds. The highest BCUT2D eigenvalue weighted by atomic mass is 16.7. The standard InChI is InChI=1S/C51H97NO10/c1-3-5-7-9-11-13-14-15-16-17-18-19-20-21-22-23-24-25-26-27-28-29-30-31-33-35-37-39-44(55)50(60)52-42(41-61-51-49(59)48(58)47(57)45(40-53)62-51)46(56)43(54)38-36-34-32-12-10-8-6-4-2/h12,21-22,32,42-49,51,53-59H,3-11,13-20,23-31,33-41H2,1-2H3,(H,52,60)/b22-21-,32-12+. The third-order valence-corrected chi connectivity index (χ3v) is 12.5. The topological polar surface area (TPSA) is 189 Å². The van der Waals surface area contributed by atoms with Gasteiger partial charge in [-0.15, -0.1) is 0 Å². The number of unbranched alkanes of at least 4 members (excludes halogenated alkanes) is 27. The Balaban J connectivity index is 2.24. The number of aliphatic hydroxyl groups excluding tert-OH is 7. The largest absolute Gasteiger partial charge is 0.394 e. The molecule has 1 heterocycles. The van der Waals surface area contributed by atoms with E-state index >= 15 is 0 Å². The van der Waals surface area contributed by atoms with E-state index in [2.05, 4.69) is 43.5 Å². The van der Waals surface area contributed by atoms with Crippen LogP contribution >= 0.6 is 0 Å². The van der Waals surface area contributed by atoms with Crippen molar-refractivity contribution < 1.29 is 50.0 Å². The summed E-state index contributed by atoms with van der Waals surface area (Å²) in [5.41, 5.74) is 0. The van der Waals surface area contributed by atoms with Crippen LogP contribution in [-0.4, -0.2) is 110 Å². The van der Waals surface area contributed by atoms with E-state index in [1.165, 1.54) is 141 Å². The molecular formula is C51H97NO10. The van der Waals surface area contributed by atoms with E-state index in [4.69, 9.17) is 9.47 Å². The lowest BCUT2D eigenvalue weighted by molar-refractivity contribution is -0.303. The Labute approximate surface area is 378 Å². The van der Waals surface area contributed by atoms with Crippen LogP contribution in [0.25, 0.3) is 0 Å². The second kappa shape index (κ2) is 41.1. The molecule has 1 aliphatic rings. The first kappa shape index (κ1) is 58.6. The Morgan fingerprint density at radius 3 is 1.42 bits per heavy atom. The smallest absolute Gasteiger partial charge is 0.249 e. The highest BCUT2D eigenvalue weighted by Gasteiger charge is 2.44. The normalized spacial score (nSPS) is 21.5. The molecule has 11 nitrogen and oxygen atoms in total. The van der Waals surface area contributed by atoms with Gasteiger partial charge >= 0.3 is 0 Å². The van der Waals surface area contributed by atoms with Gasteiger partial charge in [-0.1, -0.05) is 186 Å². The monoisotopic (exact) mass is 884 g/mol. The van der Waals surface area contributed by atoms with Gasteiger partial charge in [-0.3, -0.25) is 4.79 Å². The maximum atomic E-state index is 13.1. The first-order valence-electron chi connectivity index (χ1n) is 25.7. The first-order valence-corrected chi connectivity index (χ1v) is 25.7. The number of carbonyl (C=O) groups is 1. The summed E-state index contributed by atoms with van der Waals surface area (Å²) in [6.07, 6.45) is 35.6. The minimum Gasteiger partial charge on any atom is -0.394 e. The number of amides is 1. The van der Waals surface area contributed by atoms with Crippen LogP contribution in [0.3, 0.4) is 0 Å². The van der Waals surface area contributed by atoms with Gasteiger partial charge < -0.3 is 50.5 Å². The molecule has 62 heavy (non-hydrogen) atoms. The molecule has 0 spiro atoms. The minimum atomic E-state index is -1.66. The molecule has 0 aromatic heterocycles. The quantitative estimate of drug-likeness (QED) is 0.0216. The van der Waals surface area contributed by atoms with Gasteiger partial charge in [0.1, 0.15) is 36.6 Å². The molecule has 366 valence electrons. The Bertz CT molecular complexity index is 1060. The predicted molar refractivity (Wildman–Crippen MR) is 252 cm³/mol. The summed E-state index contributed by atoms with van der Waals surface area (Å²) in [6.45, 7) is 3.37. The van der Waals surface area contributed by atoms with Gasteiger partial charge in [0, 0.05) is 0 Å². The summed E-state index contributed by atoms with van der Waals surface area (Å²) in [7, 11) is 0. The van der Waals surface area contributed by atoms with E-state index in [1.54, 1.807) is 0 Å². The van der Waals surface area contributed by atoms with Crippen molar-refractivity contribution in [2.45, 2.75) is 281 Å². The molecule has 0 aliphatic carbocycles. The zero-order valence-electron chi connectivity index (χ0n) is 39.6. The number of ether oxygens (including phenoxy) is 2. The first-order chi connectivity index (χ1) is 30.2. The van der Waals surface area contributed by atoms with Crippen LogP contribution in [0, 0.1) is 0 Å². The van der Waals surface area contributed by atoms with E-state index < -0.39 is 74.2 Å². The number of aliphatic hydroxyl groups is 7. The molecule has 1 rings (SSSR count). The van der Waals surface area contributed by atoms with E-state index in [1.807, 2.05) is 0 Å². The lowest BCUT2D eigenvalue weighted by atomic mass is 9.98. The van der Waals surface area contributed by atoms with E-state index in [-0.39, 0.29) is 12.8 Å². The summed E-state index contributed by atoms with van der Waals surface area (Å²) >= 11 is 0. The zero-order valence-corrected chi connectivity index (χ0v) is 39.6. The van der Waals surface area contributed by atoms with Crippen molar-refractivity contribution in [3.05, 3.63) is 24.3 Å². The van der Waals surface area contributed by atoms with Gasteiger partial charge in [0.15, 0.2) is 6.29 Å². The molecule has 0 aromatic rings. The fourth-order valence-corrected chi connectivity index (χ4v) is 8.20. The van der Waals surface area contributed by atoms with Gasteiger partial charge in [0.25, 0.3) is 0 Å². The lowest BCUT2D eigenvalue weighted by Crippen LogP contribution is -2.60. The number of hydrogen-bond donors (Lipinski definition) is 8. The van der Waals surface area contributed by atoms with Crippen molar-refractivity contribution in [3.63, 3.8) is 0 Å². The summed E-state index contributed by atoms with van der Waals surface area (Å²) in [6, 6.07) is -1.18. The Morgan fingerprint density at radius 2 is 0.952 bits per heavy atom. The third-order valence-electron chi connectivity index (χ3n) is 12.5. The predicted octanol–water partition coefficient (Wildman–Crippen LogP) is 9.40. The minimum absolute atomic E-state index is 0.254. The van der Waals surface area contributed by atoms with Gasteiger partial charge in [-0.05, 0) is 64.2 Å². The molecule has 9 atom stereocenters. The third kappa shape index (κ3) is 29.9. The lowest BCUT2D eigenvalue weighted by Gasteiger charge is -2.40. The van der Waals surface area contributed by atoms with Crippen LogP contribution in [0.2, 0.25) is 0 Å². The van der Waals surface area contributed by atoms with Crippen molar-refractivity contribution in [1.29, 1.82) is 0 Å². The van der Waals surface area contributed by atoms with Crippen LogP contribution in [0.15, 0.2) is 24.3 Å². The van der Waals surface area contributed by atoms with Crippen LogP contribution in [0.1, 0.15) is 226 Å². The molecule has 9 unspecified atom stereocenters. The molecule has 8 N–H and O–H groups in total. The fraction of sp³-hybridized carbons (Fsp3) is 0.902. The molecule has 11 heteroatoms. The number of rotatable bonds is 43. The average Bonchev–Trinajstić information content (AvgIpc) is 3.27. The Morgan fingerprint density at radius 1 is 0.548 bits per heavy atom. The van der Waals surface area contributed by atoms with E-state index in [0.717, 1.165) is 44.9 Å². The molecular weight excluding hydrogens is 787 g/mol. The molecule has 1 aliphatic heterocycles. The van der Waals surface area contributed by atoms with Crippen molar-refractivity contribution in [2.75, 3.05) is 13.2 Å². The van der Waals surface area contributed by atoms with Crippen LogP contribution < -0.4 is 5.32 Å².